The maximum absolute atomic E-state index is 6.31. The number of benzene rings is 1. The molecule has 1 saturated carbocycles. The molecule has 0 radical (unpaired) electrons. The van der Waals surface area contributed by atoms with E-state index in [0.29, 0.717) is 11.7 Å². The molecule has 0 amide bonds. The molecular formula is C19H22N4O2. The van der Waals surface area contributed by atoms with Gasteiger partial charge in [-0.15, -0.1) is 0 Å². The highest BCUT2D eigenvalue weighted by molar-refractivity contribution is 5.61. The van der Waals surface area contributed by atoms with Gasteiger partial charge in [-0.05, 0) is 63.4 Å². The number of hydrogen-bond acceptors (Lipinski definition) is 5. The Morgan fingerprint density at radius 1 is 1.20 bits per heavy atom. The van der Waals surface area contributed by atoms with Crippen molar-refractivity contribution in [2.24, 2.45) is 5.73 Å². The fraction of sp³-hybridized carbons (Fsp3) is 0.368. The number of aromatic nitrogens is 3. The van der Waals surface area contributed by atoms with Crippen molar-refractivity contribution >= 4 is 0 Å². The Balaban J connectivity index is 1.72. The molecule has 2 heterocycles. The predicted octanol–water partition coefficient (Wildman–Crippen LogP) is 3.49. The van der Waals surface area contributed by atoms with Gasteiger partial charge in [-0.25, -0.2) is 0 Å². The van der Waals surface area contributed by atoms with Crippen molar-refractivity contribution in [1.29, 1.82) is 0 Å². The van der Waals surface area contributed by atoms with Crippen molar-refractivity contribution in [2.45, 2.75) is 38.6 Å². The van der Waals surface area contributed by atoms with E-state index in [1.807, 2.05) is 24.3 Å². The minimum Gasteiger partial charge on any atom is -0.497 e. The highest BCUT2D eigenvalue weighted by atomic mass is 16.5. The van der Waals surface area contributed by atoms with Crippen LogP contribution in [0.5, 0.6) is 5.75 Å². The first-order chi connectivity index (χ1) is 12.0. The molecule has 0 spiro atoms. The lowest BCUT2D eigenvalue weighted by Gasteiger charge is -2.34. The third-order valence-corrected chi connectivity index (χ3v) is 5.11. The molecule has 0 saturated heterocycles. The number of ether oxygens (including phenoxy) is 1. The van der Waals surface area contributed by atoms with Crippen LogP contribution in [0.1, 0.15) is 36.5 Å². The molecule has 6 nitrogen and oxygen atoms in total. The van der Waals surface area contributed by atoms with Crippen LogP contribution in [0.3, 0.4) is 0 Å². The number of aryl methyl sites for hydroxylation is 1. The Bertz CT molecular complexity index is 904. The molecule has 1 aliphatic rings. The lowest BCUT2D eigenvalue weighted by molar-refractivity contribution is 0.229. The summed E-state index contributed by atoms with van der Waals surface area (Å²) in [6.07, 6.45) is 2.94. The molecule has 6 heteroatoms. The Labute approximate surface area is 146 Å². The Morgan fingerprint density at radius 3 is 2.52 bits per heavy atom. The number of methoxy groups -OCH3 is 1. The van der Waals surface area contributed by atoms with E-state index in [9.17, 15) is 0 Å². The first-order valence-corrected chi connectivity index (χ1v) is 8.49. The molecule has 0 atom stereocenters. The van der Waals surface area contributed by atoms with Crippen LogP contribution >= 0.6 is 0 Å². The van der Waals surface area contributed by atoms with Gasteiger partial charge >= 0.3 is 0 Å². The van der Waals surface area contributed by atoms with Gasteiger partial charge in [0.25, 0.3) is 5.89 Å². The van der Waals surface area contributed by atoms with Gasteiger partial charge in [0.15, 0.2) is 5.82 Å². The maximum Gasteiger partial charge on any atom is 0.259 e. The van der Waals surface area contributed by atoms with Gasteiger partial charge in [-0.1, -0.05) is 5.16 Å². The molecule has 1 aliphatic carbocycles. The molecule has 0 aliphatic heterocycles. The summed E-state index contributed by atoms with van der Waals surface area (Å²) in [5.74, 6) is 1.98. The molecule has 1 fully saturated rings. The second kappa shape index (κ2) is 5.74. The van der Waals surface area contributed by atoms with E-state index in [4.69, 9.17) is 15.0 Å². The lowest BCUT2D eigenvalue weighted by atomic mass is 9.77. The number of rotatable bonds is 4. The Hall–Kier alpha value is -2.60. The summed E-state index contributed by atoms with van der Waals surface area (Å²) >= 11 is 0. The van der Waals surface area contributed by atoms with Crippen LogP contribution in [0.2, 0.25) is 0 Å². The van der Waals surface area contributed by atoms with Crippen molar-refractivity contribution < 1.29 is 9.26 Å². The predicted molar refractivity (Wildman–Crippen MR) is 94.8 cm³/mol. The van der Waals surface area contributed by atoms with Crippen LogP contribution in [-0.2, 0) is 5.54 Å². The van der Waals surface area contributed by atoms with Crippen molar-refractivity contribution in [2.75, 3.05) is 7.11 Å². The first-order valence-electron chi connectivity index (χ1n) is 8.49. The van der Waals surface area contributed by atoms with E-state index >= 15 is 0 Å². The number of nitrogens with two attached hydrogens (primary N) is 1. The van der Waals surface area contributed by atoms with Crippen LogP contribution in [0, 0.1) is 13.8 Å². The van der Waals surface area contributed by atoms with Crippen LogP contribution < -0.4 is 10.5 Å². The van der Waals surface area contributed by atoms with Gasteiger partial charge in [-0.3, -0.25) is 0 Å². The summed E-state index contributed by atoms with van der Waals surface area (Å²) in [4.78, 5) is 4.57. The number of hydrogen-bond donors (Lipinski definition) is 1. The van der Waals surface area contributed by atoms with E-state index < -0.39 is 5.54 Å². The van der Waals surface area contributed by atoms with E-state index in [1.165, 1.54) is 0 Å². The summed E-state index contributed by atoms with van der Waals surface area (Å²) in [5, 5.41) is 4.12. The highest BCUT2D eigenvalue weighted by Crippen LogP contribution is 2.38. The summed E-state index contributed by atoms with van der Waals surface area (Å²) in [6.45, 7) is 4.12. The van der Waals surface area contributed by atoms with Crippen molar-refractivity contribution in [1.82, 2.24) is 14.7 Å². The summed E-state index contributed by atoms with van der Waals surface area (Å²) in [5.41, 5.74) is 10.1. The van der Waals surface area contributed by atoms with Crippen molar-refractivity contribution in [3.8, 4) is 22.9 Å². The first kappa shape index (κ1) is 15.9. The molecule has 25 heavy (non-hydrogen) atoms. The molecule has 130 valence electrons. The van der Waals surface area contributed by atoms with Gasteiger partial charge in [0, 0.05) is 17.1 Å². The van der Waals surface area contributed by atoms with Gasteiger partial charge in [0.2, 0.25) is 0 Å². The molecular weight excluding hydrogens is 316 g/mol. The van der Waals surface area contributed by atoms with Gasteiger partial charge in [0.1, 0.15) is 5.75 Å². The maximum atomic E-state index is 6.31. The molecule has 2 N–H and O–H groups in total. The van der Waals surface area contributed by atoms with E-state index in [-0.39, 0.29) is 0 Å². The standard InChI is InChI=1S/C19H22N4O2/c1-12-11-16(17-21-18(22-25-17)19(20)9-4-10-19)13(2)23(12)14-5-7-15(24-3)8-6-14/h5-8,11H,4,9-10,20H2,1-3H3. The molecule has 4 rings (SSSR count). The Kier molecular flexibility index (Phi) is 3.65. The highest BCUT2D eigenvalue weighted by Gasteiger charge is 2.39. The number of nitrogens with zero attached hydrogens (tertiary/aromatic N) is 3. The zero-order valence-corrected chi connectivity index (χ0v) is 14.7. The summed E-state index contributed by atoms with van der Waals surface area (Å²) in [7, 11) is 1.67. The third-order valence-electron chi connectivity index (χ3n) is 5.11. The minimum atomic E-state index is -0.413. The van der Waals surface area contributed by atoms with Crippen LogP contribution in [0.4, 0.5) is 0 Å². The normalized spacial score (nSPS) is 15.8. The monoisotopic (exact) mass is 338 g/mol. The topological polar surface area (TPSA) is 79.1 Å². The largest absolute Gasteiger partial charge is 0.497 e. The van der Waals surface area contributed by atoms with Crippen LogP contribution in [0.15, 0.2) is 34.9 Å². The fourth-order valence-corrected chi connectivity index (χ4v) is 3.42. The van der Waals surface area contributed by atoms with Crippen LogP contribution in [-0.4, -0.2) is 21.8 Å². The van der Waals surface area contributed by atoms with E-state index in [2.05, 4.69) is 34.6 Å². The molecule has 3 aromatic rings. The van der Waals surface area contributed by atoms with Crippen LogP contribution in [0.25, 0.3) is 17.1 Å². The van der Waals surface area contributed by atoms with Crippen molar-refractivity contribution in [3.05, 3.63) is 47.5 Å². The molecule has 1 aromatic carbocycles. The van der Waals surface area contributed by atoms with E-state index in [1.54, 1.807) is 7.11 Å². The fourth-order valence-electron chi connectivity index (χ4n) is 3.42. The van der Waals surface area contributed by atoms with Gasteiger partial charge in [0.05, 0.1) is 18.2 Å². The van der Waals surface area contributed by atoms with Gasteiger partial charge < -0.3 is 19.6 Å². The third kappa shape index (κ3) is 2.53. The molecule has 0 unspecified atom stereocenters. The Morgan fingerprint density at radius 2 is 1.92 bits per heavy atom. The quantitative estimate of drug-likeness (QED) is 0.788. The smallest absolute Gasteiger partial charge is 0.259 e. The second-order valence-corrected chi connectivity index (χ2v) is 6.75. The molecule has 0 bridgehead atoms. The van der Waals surface area contributed by atoms with E-state index in [0.717, 1.165) is 47.7 Å². The average molecular weight is 338 g/mol. The second-order valence-electron chi connectivity index (χ2n) is 6.75. The SMILES string of the molecule is COc1ccc(-n2c(C)cc(-c3nc(C4(N)CCC4)no3)c2C)cc1. The minimum absolute atomic E-state index is 0.413. The van der Waals surface area contributed by atoms with Gasteiger partial charge in [-0.2, -0.15) is 4.98 Å². The summed E-state index contributed by atoms with van der Waals surface area (Å²) in [6, 6.07) is 10.0. The molecule has 2 aromatic heterocycles. The zero-order chi connectivity index (χ0) is 17.6. The summed E-state index contributed by atoms with van der Waals surface area (Å²) < 4.78 is 12.9. The lowest BCUT2D eigenvalue weighted by Crippen LogP contribution is -2.44. The average Bonchev–Trinajstić information content (AvgIpc) is 3.18. The van der Waals surface area contributed by atoms with Crippen molar-refractivity contribution in [3.63, 3.8) is 0 Å². The zero-order valence-electron chi connectivity index (χ0n) is 14.7.